The molecule has 5 heteroatoms. The fraction of sp³-hybridized carbons (Fsp3) is 0.875. The Bertz CT molecular complexity index is 357. The van der Waals surface area contributed by atoms with E-state index in [1.54, 1.807) is 0 Å². The molecule has 1 aliphatic carbocycles. The van der Waals surface area contributed by atoms with E-state index in [4.69, 9.17) is 5.11 Å². The Hall–Kier alpha value is -1.10. The van der Waals surface area contributed by atoms with Crippen LogP contribution in [0.1, 0.15) is 51.9 Å². The van der Waals surface area contributed by atoms with E-state index in [9.17, 15) is 9.59 Å². The maximum Gasteiger partial charge on any atom is 0.306 e. The molecule has 2 fully saturated rings. The molecule has 21 heavy (non-hydrogen) atoms. The third-order valence-corrected chi connectivity index (χ3v) is 4.92. The number of aliphatic carboxylic acids is 1. The molecule has 0 radical (unpaired) electrons. The molecule has 1 heterocycles. The first-order chi connectivity index (χ1) is 10.1. The molecule has 5 nitrogen and oxygen atoms in total. The summed E-state index contributed by atoms with van der Waals surface area (Å²) in [7, 11) is 0. The molecular formula is C16H28N2O3. The molecule has 1 aliphatic heterocycles. The minimum Gasteiger partial charge on any atom is -0.481 e. The van der Waals surface area contributed by atoms with E-state index in [0.717, 1.165) is 45.3 Å². The molecule has 1 saturated carbocycles. The van der Waals surface area contributed by atoms with Crippen LogP contribution in [0.2, 0.25) is 0 Å². The zero-order valence-corrected chi connectivity index (χ0v) is 13.0. The minimum absolute atomic E-state index is 0.0225. The number of nitrogens with one attached hydrogen (secondary N) is 1. The standard InChI is InChI=1S/C16H28N2O3/c1-2-9-18-10-7-14(8-11-18)17-15(19)12-3-5-13(6-4-12)16(20)21/h12-14H,2-11H2,1H3,(H,17,19)(H,20,21). The van der Waals surface area contributed by atoms with Crippen LogP contribution in [-0.2, 0) is 9.59 Å². The van der Waals surface area contributed by atoms with E-state index in [2.05, 4.69) is 17.1 Å². The highest BCUT2D eigenvalue weighted by molar-refractivity contribution is 5.79. The molecule has 2 N–H and O–H groups in total. The fourth-order valence-corrected chi connectivity index (χ4v) is 3.54. The average molecular weight is 296 g/mol. The Labute approximate surface area is 127 Å². The zero-order valence-electron chi connectivity index (χ0n) is 13.0. The molecule has 0 aromatic carbocycles. The molecular weight excluding hydrogens is 268 g/mol. The highest BCUT2D eigenvalue weighted by Gasteiger charge is 2.31. The highest BCUT2D eigenvalue weighted by Crippen LogP contribution is 2.29. The lowest BCUT2D eigenvalue weighted by atomic mass is 9.81. The number of amides is 1. The van der Waals surface area contributed by atoms with Gasteiger partial charge in [0.1, 0.15) is 0 Å². The minimum atomic E-state index is -0.711. The summed E-state index contributed by atoms with van der Waals surface area (Å²) >= 11 is 0. The van der Waals surface area contributed by atoms with Crippen LogP contribution in [0.15, 0.2) is 0 Å². The number of nitrogens with zero attached hydrogens (tertiary/aromatic N) is 1. The molecule has 0 aromatic heterocycles. The van der Waals surface area contributed by atoms with Crippen molar-refractivity contribution in [2.75, 3.05) is 19.6 Å². The van der Waals surface area contributed by atoms with Crippen molar-refractivity contribution < 1.29 is 14.7 Å². The van der Waals surface area contributed by atoms with Crippen molar-refractivity contribution >= 4 is 11.9 Å². The zero-order chi connectivity index (χ0) is 15.2. The molecule has 0 atom stereocenters. The molecule has 1 amide bonds. The number of carboxylic acids is 1. The van der Waals surface area contributed by atoms with Crippen molar-refractivity contribution in [2.45, 2.75) is 57.9 Å². The number of hydrogen-bond acceptors (Lipinski definition) is 3. The van der Waals surface area contributed by atoms with E-state index >= 15 is 0 Å². The first kappa shape index (κ1) is 16.3. The fourth-order valence-electron chi connectivity index (χ4n) is 3.54. The third-order valence-electron chi connectivity index (χ3n) is 4.92. The van der Waals surface area contributed by atoms with E-state index in [0.29, 0.717) is 18.9 Å². The predicted octanol–water partition coefficient (Wildman–Crippen LogP) is 1.87. The van der Waals surface area contributed by atoms with Crippen molar-refractivity contribution in [1.82, 2.24) is 10.2 Å². The number of carboxylic acid groups (broad SMARTS) is 1. The van der Waals surface area contributed by atoms with Gasteiger partial charge >= 0.3 is 5.97 Å². The second-order valence-corrected chi connectivity index (χ2v) is 6.51. The summed E-state index contributed by atoms with van der Waals surface area (Å²) in [5, 5.41) is 12.2. The van der Waals surface area contributed by atoms with Gasteiger partial charge in [0.2, 0.25) is 5.91 Å². The third kappa shape index (κ3) is 4.70. The summed E-state index contributed by atoms with van der Waals surface area (Å²) < 4.78 is 0. The van der Waals surface area contributed by atoms with Crippen LogP contribution in [0.5, 0.6) is 0 Å². The second-order valence-electron chi connectivity index (χ2n) is 6.51. The van der Waals surface area contributed by atoms with Gasteiger partial charge in [0.25, 0.3) is 0 Å². The van der Waals surface area contributed by atoms with Crippen LogP contribution in [0.4, 0.5) is 0 Å². The van der Waals surface area contributed by atoms with Gasteiger partial charge in [-0.15, -0.1) is 0 Å². The number of hydrogen-bond donors (Lipinski definition) is 2. The summed E-state index contributed by atoms with van der Waals surface area (Å²) in [5.41, 5.74) is 0. The molecule has 0 unspecified atom stereocenters. The summed E-state index contributed by atoms with van der Waals surface area (Å²) in [4.78, 5) is 25.7. The first-order valence-corrected chi connectivity index (χ1v) is 8.35. The number of carbonyl (C=O) groups excluding carboxylic acids is 1. The SMILES string of the molecule is CCCN1CCC(NC(=O)C2CCC(C(=O)O)CC2)CC1. The summed E-state index contributed by atoms with van der Waals surface area (Å²) in [5.74, 6) is -0.787. The van der Waals surface area contributed by atoms with Crippen LogP contribution in [-0.4, -0.2) is 47.6 Å². The van der Waals surface area contributed by atoms with Gasteiger partial charge in [-0.25, -0.2) is 0 Å². The van der Waals surface area contributed by atoms with Crippen LogP contribution in [0.3, 0.4) is 0 Å². The Morgan fingerprint density at radius 2 is 1.62 bits per heavy atom. The van der Waals surface area contributed by atoms with Crippen LogP contribution in [0.25, 0.3) is 0 Å². The maximum atomic E-state index is 12.3. The number of carbonyl (C=O) groups is 2. The van der Waals surface area contributed by atoms with Gasteiger partial charge in [-0.05, 0) is 51.5 Å². The van der Waals surface area contributed by atoms with Crippen LogP contribution >= 0.6 is 0 Å². The molecule has 0 bridgehead atoms. The van der Waals surface area contributed by atoms with Crippen molar-refractivity contribution in [2.24, 2.45) is 11.8 Å². The van der Waals surface area contributed by atoms with E-state index < -0.39 is 5.97 Å². The summed E-state index contributed by atoms with van der Waals surface area (Å²) in [6.45, 7) is 5.50. The van der Waals surface area contributed by atoms with Crippen molar-refractivity contribution in [3.63, 3.8) is 0 Å². The van der Waals surface area contributed by atoms with Crippen molar-refractivity contribution in [3.8, 4) is 0 Å². The lowest BCUT2D eigenvalue weighted by Gasteiger charge is -2.33. The first-order valence-electron chi connectivity index (χ1n) is 8.35. The van der Waals surface area contributed by atoms with Gasteiger partial charge in [-0.2, -0.15) is 0 Å². The Balaban J connectivity index is 1.70. The predicted molar refractivity (Wildman–Crippen MR) is 81.0 cm³/mol. The Kier molecular flexibility index (Phi) is 6.03. The van der Waals surface area contributed by atoms with Gasteiger partial charge in [0.05, 0.1) is 5.92 Å². The Morgan fingerprint density at radius 1 is 1.05 bits per heavy atom. The summed E-state index contributed by atoms with van der Waals surface area (Å²) in [6.07, 6.45) is 5.98. The van der Waals surface area contributed by atoms with Crippen LogP contribution < -0.4 is 5.32 Å². The normalized spacial score (nSPS) is 28.2. The largest absolute Gasteiger partial charge is 0.481 e. The second kappa shape index (κ2) is 7.78. The molecule has 120 valence electrons. The van der Waals surface area contributed by atoms with Gasteiger partial charge in [0.15, 0.2) is 0 Å². The van der Waals surface area contributed by atoms with E-state index in [1.807, 2.05) is 0 Å². The monoisotopic (exact) mass is 296 g/mol. The average Bonchev–Trinajstić information content (AvgIpc) is 2.49. The molecule has 1 saturated heterocycles. The Morgan fingerprint density at radius 3 is 2.14 bits per heavy atom. The molecule has 2 aliphatic rings. The van der Waals surface area contributed by atoms with Gasteiger partial charge < -0.3 is 15.3 Å². The smallest absolute Gasteiger partial charge is 0.306 e. The molecule has 0 spiro atoms. The lowest BCUT2D eigenvalue weighted by molar-refractivity contribution is -0.144. The van der Waals surface area contributed by atoms with Gasteiger partial charge in [-0.3, -0.25) is 9.59 Å². The quantitative estimate of drug-likeness (QED) is 0.812. The maximum absolute atomic E-state index is 12.3. The van der Waals surface area contributed by atoms with E-state index in [-0.39, 0.29) is 17.7 Å². The highest BCUT2D eigenvalue weighted by atomic mass is 16.4. The van der Waals surface area contributed by atoms with Crippen molar-refractivity contribution in [3.05, 3.63) is 0 Å². The van der Waals surface area contributed by atoms with Crippen LogP contribution in [0, 0.1) is 11.8 Å². The van der Waals surface area contributed by atoms with Crippen molar-refractivity contribution in [1.29, 1.82) is 0 Å². The van der Waals surface area contributed by atoms with Gasteiger partial charge in [-0.1, -0.05) is 6.92 Å². The molecule has 2 rings (SSSR count). The molecule has 0 aromatic rings. The number of likely N-dealkylation sites (tertiary alicyclic amines) is 1. The number of piperidine rings is 1. The summed E-state index contributed by atoms with van der Waals surface area (Å²) in [6, 6.07) is 0.308. The topological polar surface area (TPSA) is 69.6 Å². The van der Waals surface area contributed by atoms with Gasteiger partial charge in [0, 0.05) is 25.0 Å². The van der Waals surface area contributed by atoms with E-state index in [1.165, 1.54) is 6.42 Å². The number of rotatable bonds is 5. The lowest BCUT2D eigenvalue weighted by Crippen LogP contribution is -2.47.